The van der Waals surface area contributed by atoms with Gasteiger partial charge in [-0.25, -0.2) is 9.07 Å². The summed E-state index contributed by atoms with van der Waals surface area (Å²) in [6, 6.07) is 26.3. The van der Waals surface area contributed by atoms with Crippen molar-refractivity contribution >= 4 is 17.6 Å². The first-order chi connectivity index (χ1) is 20.4. The topological polar surface area (TPSA) is 93.5 Å². The van der Waals surface area contributed by atoms with Gasteiger partial charge in [-0.15, -0.1) is 0 Å². The molecule has 5 aromatic rings. The molecule has 2 heterocycles. The molecule has 7 rings (SSSR count). The molecule has 1 spiro atoms. The van der Waals surface area contributed by atoms with Gasteiger partial charge in [0.1, 0.15) is 11.6 Å². The lowest BCUT2D eigenvalue weighted by Crippen LogP contribution is -2.21. The lowest BCUT2D eigenvalue weighted by atomic mass is 9.89. The Morgan fingerprint density at radius 2 is 1.76 bits per heavy atom. The number of carboxylic acid groups (broad SMARTS) is 1. The van der Waals surface area contributed by atoms with Crippen molar-refractivity contribution in [3.8, 4) is 33.7 Å². The van der Waals surface area contributed by atoms with Crippen LogP contribution in [0.25, 0.3) is 27.9 Å². The lowest BCUT2D eigenvalue weighted by Gasteiger charge is -2.14. The summed E-state index contributed by atoms with van der Waals surface area (Å²) in [5.41, 5.74) is 5.99. The Balaban J connectivity index is 1.19. The number of fused-ring (bicyclic) bond motifs is 2. The zero-order chi connectivity index (χ0) is 29.0. The molecule has 1 saturated carbocycles. The molecule has 0 radical (unpaired) electrons. The molecule has 1 amide bonds. The van der Waals surface area contributed by atoms with E-state index in [1.54, 1.807) is 23.0 Å². The summed E-state index contributed by atoms with van der Waals surface area (Å²) in [7, 11) is 1.50. The number of methoxy groups -OCH3 is 1. The highest BCUT2D eigenvalue weighted by molar-refractivity contribution is 6.10. The van der Waals surface area contributed by atoms with Crippen LogP contribution in [-0.2, 0) is 21.4 Å². The summed E-state index contributed by atoms with van der Waals surface area (Å²) in [6.07, 6.45) is 4.00. The number of amides is 1. The minimum Gasteiger partial charge on any atom is -0.496 e. The molecular weight excluding hydrogens is 533 g/mol. The number of aliphatic carboxylic acids is 1. The van der Waals surface area contributed by atoms with Crippen LogP contribution >= 0.6 is 0 Å². The van der Waals surface area contributed by atoms with E-state index < -0.39 is 17.2 Å². The Morgan fingerprint density at radius 1 is 1.05 bits per heavy atom. The largest absolute Gasteiger partial charge is 0.496 e. The third-order valence-electron chi connectivity index (χ3n) is 8.42. The van der Waals surface area contributed by atoms with Crippen molar-refractivity contribution in [1.29, 1.82) is 0 Å². The molecule has 2 unspecified atom stereocenters. The van der Waals surface area contributed by atoms with Gasteiger partial charge in [0.05, 0.1) is 24.6 Å². The highest BCUT2D eigenvalue weighted by atomic mass is 19.1. The number of anilines is 1. The maximum Gasteiger partial charge on any atom is 0.307 e. The summed E-state index contributed by atoms with van der Waals surface area (Å²) >= 11 is 0. The van der Waals surface area contributed by atoms with Gasteiger partial charge in [-0.3, -0.25) is 9.59 Å². The van der Waals surface area contributed by atoms with E-state index in [-0.39, 0.29) is 18.2 Å². The van der Waals surface area contributed by atoms with Gasteiger partial charge in [0.25, 0.3) is 0 Å². The first-order valence-electron chi connectivity index (χ1n) is 13.6. The van der Waals surface area contributed by atoms with Crippen molar-refractivity contribution in [3.63, 3.8) is 0 Å². The van der Waals surface area contributed by atoms with Crippen LogP contribution in [0.15, 0.2) is 97.3 Å². The molecule has 2 N–H and O–H groups in total. The molecule has 0 saturated heterocycles. The van der Waals surface area contributed by atoms with Crippen LogP contribution in [-0.4, -0.2) is 33.9 Å². The SMILES string of the molecule is COc1ccc(C2CC23C(=O)Nc2cc(F)c(-c4ccc(-c5ccc(-n6cccn6)cc5)cc4)cc23)cc1CC(=O)O. The number of hydrogen-bond acceptors (Lipinski definition) is 4. The van der Waals surface area contributed by atoms with Gasteiger partial charge in [0.2, 0.25) is 5.91 Å². The molecule has 7 nitrogen and oxygen atoms in total. The Kier molecular flexibility index (Phi) is 5.93. The van der Waals surface area contributed by atoms with Crippen molar-refractivity contribution in [1.82, 2.24) is 9.78 Å². The number of carbonyl (C=O) groups excluding carboxylic acids is 1. The minimum atomic E-state index is -0.961. The van der Waals surface area contributed by atoms with Crippen LogP contribution in [0.1, 0.15) is 29.0 Å². The Hall–Kier alpha value is -5.24. The van der Waals surface area contributed by atoms with E-state index in [4.69, 9.17) is 4.74 Å². The third-order valence-corrected chi connectivity index (χ3v) is 8.42. The Labute approximate surface area is 241 Å². The smallest absolute Gasteiger partial charge is 0.307 e. The van der Waals surface area contributed by atoms with Gasteiger partial charge in [0.15, 0.2) is 0 Å². The maximum absolute atomic E-state index is 15.4. The van der Waals surface area contributed by atoms with Crippen molar-refractivity contribution in [2.45, 2.75) is 24.2 Å². The number of carboxylic acids is 1. The van der Waals surface area contributed by atoms with E-state index >= 15 is 4.39 Å². The molecule has 1 fully saturated rings. The molecular formula is C34H26FN3O4. The van der Waals surface area contributed by atoms with E-state index in [9.17, 15) is 14.7 Å². The average molecular weight is 560 g/mol. The number of carbonyl (C=O) groups is 2. The zero-order valence-corrected chi connectivity index (χ0v) is 22.7. The van der Waals surface area contributed by atoms with E-state index in [2.05, 4.69) is 10.4 Å². The summed E-state index contributed by atoms with van der Waals surface area (Å²) in [5, 5.41) is 16.5. The van der Waals surface area contributed by atoms with Gasteiger partial charge in [-0.1, -0.05) is 48.5 Å². The number of aromatic nitrogens is 2. The summed E-state index contributed by atoms with van der Waals surface area (Å²) in [6.45, 7) is 0. The molecule has 2 aliphatic rings. The molecule has 1 aliphatic heterocycles. The number of nitrogens with zero attached hydrogens (tertiary/aromatic N) is 2. The highest BCUT2D eigenvalue weighted by Gasteiger charge is 2.65. The fraction of sp³-hybridized carbons (Fsp3) is 0.147. The second-order valence-electron chi connectivity index (χ2n) is 10.8. The van der Waals surface area contributed by atoms with Crippen molar-refractivity contribution in [2.24, 2.45) is 0 Å². The number of rotatable bonds is 7. The van der Waals surface area contributed by atoms with Gasteiger partial charge < -0.3 is 15.2 Å². The number of nitrogens with one attached hydrogen (secondary N) is 1. The first-order valence-corrected chi connectivity index (χ1v) is 13.6. The Bertz CT molecular complexity index is 1850. The number of benzene rings is 4. The van der Waals surface area contributed by atoms with Crippen LogP contribution in [0.2, 0.25) is 0 Å². The summed E-state index contributed by atoms with van der Waals surface area (Å²) < 4.78 is 22.5. The Morgan fingerprint density at radius 3 is 2.43 bits per heavy atom. The molecule has 8 heteroatoms. The molecule has 4 aromatic carbocycles. The predicted octanol–water partition coefficient (Wildman–Crippen LogP) is 6.36. The monoisotopic (exact) mass is 559 g/mol. The number of ether oxygens (including phenoxy) is 1. The van der Waals surface area contributed by atoms with Gasteiger partial charge >= 0.3 is 5.97 Å². The summed E-state index contributed by atoms with van der Waals surface area (Å²) in [4.78, 5) is 24.7. The van der Waals surface area contributed by atoms with Crippen LogP contribution < -0.4 is 10.1 Å². The first kappa shape index (κ1) is 25.7. The van der Waals surface area contributed by atoms with Gasteiger partial charge in [-0.2, -0.15) is 5.10 Å². The van der Waals surface area contributed by atoms with Gasteiger partial charge in [0, 0.05) is 35.1 Å². The van der Waals surface area contributed by atoms with E-state index in [0.29, 0.717) is 34.5 Å². The fourth-order valence-electron chi connectivity index (χ4n) is 6.22. The fourth-order valence-corrected chi connectivity index (χ4v) is 6.22. The van der Waals surface area contributed by atoms with Crippen molar-refractivity contribution < 1.29 is 23.8 Å². The molecule has 42 heavy (non-hydrogen) atoms. The van der Waals surface area contributed by atoms with E-state index in [1.165, 1.54) is 13.2 Å². The van der Waals surface area contributed by atoms with E-state index in [0.717, 1.165) is 27.9 Å². The lowest BCUT2D eigenvalue weighted by molar-refractivity contribution is -0.136. The second-order valence-corrected chi connectivity index (χ2v) is 10.8. The van der Waals surface area contributed by atoms with Crippen LogP contribution in [0, 0.1) is 5.82 Å². The molecule has 0 bridgehead atoms. The second kappa shape index (κ2) is 9.69. The normalized spacial score (nSPS) is 18.5. The van der Waals surface area contributed by atoms with Gasteiger partial charge in [-0.05, 0) is 70.6 Å². The minimum absolute atomic E-state index is 0.150. The van der Waals surface area contributed by atoms with Crippen molar-refractivity contribution in [2.75, 3.05) is 12.4 Å². The molecule has 1 aliphatic carbocycles. The molecule has 2 atom stereocenters. The zero-order valence-electron chi connectivity index (χ0n) is 22.7. The summed E-state index contributed by atoms with van der Waals surface area (Å²) in [5.74, 6) is -1.19. The van der Waals surface area contributed by atoms with Crippen LogP contribution in [0.3, 0.4) is 0 Å². The predicted molar refractivity (Wildman–Crippen MR) is 156 cm³/mol. The standard InChI is InChI=1S/C34H26FN3O4/c1-42-31-12-9-23(15-24(31)16-32(39)40)28-19-34(28)27-17-26(29(35)18-30(27)37-33(34)41)22-5-3-20(4-6-22)21-7-10-25(11-8-21)38-14-2-13-36-38/h2-15,17-18,28H,16,19H2,1H3,(H,37,41)(H,39,40). The van der Waals surface area contributed by atoms with E-state index in [1.807, 2.05) is 72.9 Å². The third kappa shape index (κ3) is 4.15. The number of hydrogen-bond donors (Lipinski definition) is 2. The molecule has 1 aromatic heterocycles. The highest BCUT2D eigenvalue weighted by Crippen LogP contribution is 2.65. The molecule has 208 valence electrons. The van der Waals surface area contributed by atoms with Crippen LogP contribution in [0.4, 0.5) is 10.1 Å². The van der Waals surface area contributed by atoms with Crippen molar-refractivity contribution in [3.05, 3.63) is 120 Å². The quantitative estimate of drug-likeness (QED) is 0.242. The maximum atomic E-state index is 15.4. The average Bonchev–Trinajstić information content (AvgIpc) is 3.38. The number of halogens is 1. The van der Waals surface area contributed by atoms with Crippen LogP contribution in [0.5, 0.6) is 5.75 Å².